The van der Waals surface area contributed by atoms with Gasteiger partial charge in [-0.25, -0.2) is 4.79 Å². The molecule has 0 aliphatic heterocycles. The molecular weight excluding hydrogens is 326 g/mol. The predicted octanol–water partition coefficient (Wildman–Crippen LogP) is 3.11. The van der Waals surface area contributed by atoms with Gasteiger partial charge in [0.25, 0.3) is 0 Å². The number of rotatable bonds is 6. The molecular formula is C18H27NO4S. The second-order valence-corrected chi connectivity index (χ2v) is 6.66. The summed E-state index contributed by atoms with van der Waals surface area (Å²) in [5.74, 6) is -1.17. The lowest BCUT2D eigenvalue weighted by molar-refractivity contribution is -0.142. The number of hydrogen-bond donors (Lipinski definition) is 3. The number of thiol groups is 1. The number of nitrogens with one attached hydrogen (secondary N) is 1. The highest BCUT2D eigenvalue weighted by molar-refractivity contribution is 7.80. The maximum atomic E-state index is 11.6. The van der Waals surface area contributed by atoms with Crippen molar-refractivity contribution < 1.29 is 19.5 Å². The summed E-state index contributed by atoms with van der Waals surface area (Å²) in [5.41, 5.74) is 0.761. The fourth-order valence-corrected chi connectivity index (χ4v) is 1.81. The average molecular weight is 353 g/mol. The van der Waals surface area contributed by atoms with E-state index >= 15 is 0 Å². The molecule has 2 unspecified atom stereocenters. The van der Waals surface area contributed by atoms with Crippen molar-refractivity contribution in [2.24, 2.45) is 11.8 Å². The van der Waals surface area contributed by atoms with E-state index in [0.717, 1.165) is 5.56 Å². The Kier molecular flexibility index (Phi) is 10.0. The van der Waals surface area contributed by atoms with E-state index in [2.05, 4.69) is 17.9 Å². The molecule has 1 rings (SSSR count). The summed E-state index contributed by atoms with van der Waals surface area (Å²) >= 11 is 4.30. The summed E-state index contributed by atoms with van der Waals surface area (Å²) in [6.07, 6.45) is 0. The van der Waals surface area contributed by atoms with Crippen LogP contribution in [0.3, 0.4) is 0 Å². The second-order valence-electron chi connectivity index (χ2n) is 6.10. The Balaban J connectivity index is 0.000000754. The predicted molar refractivity (Wildman–Crippen MR) is 98.1 cm³/mol. The Morgan fingerprint density at radius 3 is 1.79 bits per heavy atom. The molecule has 5 nitrogen and oxygen atoms in total. The number of carboxylic acid groups (broad SMARTS) is 1. The molecule has 0 aromatic heterocycles. The zero-order chi connectivity index (χ0) is 18.9. The van der Waals surface area contributed by atoms with Crippen LogP contribution in [0.2, 0.25) is 0 Å². The molecule has 0 spiro atoms. The van der Waals surface area contributed by atoms with Crippen molar-refractivity contribution in [3.63, 3.8) is 0 Å². The fraction of sp³-hybridized carbons (Fsp3) is 0.500. The molecule has 1 aromatic rings. The van der Waals surface area contributed by atoms with Crippen LogP contribution in [0.1, 0.15) is 45.4 Å². The third kappa shape index (κ3) is 8.15. The number of carboxylic acids is 1. The van der Waals surface area contributed by atoms with Crippen LogP contribution >= 0.6 is 12.6 Å². The highest BCUT2D eigenvalue weighted by atomic mass is 32.1. The van der Waals surface area contributed by atoms with Crippen LogP contribution in [0.4, 0.5) is 0 Å². The maximum absolute atomic E-state index is 11.6. The number of ketones is 1. The first-order valence-corrected chi connectivity index (χ1v) is 8.36. The topological polar surface area (TPSA) is 83.5 Å². The Morgan fingerprint density at radius 1 is 1.00 bits per heavy atom. The van der Waals surface area contributed by atoms with Crippen LogP contribution < -0.4 is 5.32 Å². The van der Waals surface area contributed by atoms with E-state index < -0.39 is 17.3 Å². The Hall–Kier alpha value is -1.82. The van der Waals surface area contributed by atoms with Gasteiger partial charge in [0.1, 0.15) is 11.8 Å². The standard InChI is InChI=1S/C13H17NO3S.C5H10O/c1-8(2)12(15)14-10(13(16)17)11(18)9-6-4-3-5-7-9;1-4(2)5(3)6/h3-8,10-11,18H,1-2H3,(H,14,15)(H,16,17);4H,1-3H3. The van der Waals surface area contributed by atoms with Gasteiger partial charge in [0.15, 0.2) is 0 Å². The summed E-state index contributed by atoms with van der Waals surface area (Å²) in [4.78, 5) is 32.9. The molecule has 6 heteroatoms. The van der Waals surface area contributed by atoms with Gasteiger partial charge in [0.05, 0.1) is 5.25 Å². The monoisotopic (exact) mass is 353 g/mol. The van der Waals surface area contributed by atoms with Crippen LogP contribution in [-0.4, -0.2) is 28.8 Å². The Labute approximate surface area is 149 Å². The maximum Gasteiger partial charge on any atom is 0.327 e. The van der Waals surface area contributed by atoms with E-state index in [1.807, 2.05) is 32.0 Å². The van der Waals surface area contributed by atoms with Crippen molar-refractivity contribution in [3.8, 4) is 0 Å². The van der Waals surface area contributed by atoms with Gasteiger partial charge in [-0.05, 0) is 12.5 Å². The van der Waals surface area contributed by atoms with Crippen LogP contribution in [0.5, 0.6) is 0 Å². The molecule has 0 saturated heterocycles. The summed E-state index contributed by atoms with van der Waals surface area (Å²) in [6, 6.07) is 7.99. The van der Waals surface area contributed by atoms with Crippen LogP contribution in [0, 0.1) is 11.8 Å². The highest BCUT2D eigenvalue weighted by Crippen LogP contribution is 2.24. The van der Waals surface area contributed by atoms with E-state index in [1.54, 1.807) is 32.9 Å². The number of benzene rings is 1. The minimum absolute atomic E-state index is 0.213. The molecule has 0 bridgehead atoms. The SMILES string of the molecule is CC(=O)C(C)C.CC(C)C(=O)NC(C(=O)O)C(S)c1ccccc1. The first-order chi connectivity index (χ1) is 11.1. The molecule has 2 N–H and O–H groups in total. The van der Waals surface area contributed by atoms with Gasteiger partial charge in [0.2, 0.25) is 5.91 Å². The number of Topliss-reactive ketones (excluding diaryl/α,β-unsaturated/α-hetero) is 1. The summed E-state index contributed by atoms with van der Waals surface area (Å²) < 4.78 is 0. The molecule has 0 radical (unpaired) electrons. The second kappa shape index (κ2) is 10.9. The quantitative estimate of drug-likeness (QED) is 0.686. The Bertz CT molecular complexity index is 543. The van der Waals surface area contributed by atoms with E-state index in [-0.39, 0.29) is 23.5 Å². The molecule has 134 valence electrons. The van der Waals surface area contributed by atoms with Gasteiger partial charge >= 0.3 is 5.97 Å². The molecule has 1 aromatic carbocycles. The molecule has 1 amide bonds. The molecule has 0 aliphatic rings. The number of amides is 1. The van der Waals surface area contributed by atoms with E-state index in [9.17, 15) is 19.5 Å². The average Bonchev–Trinajstić information content (AvgIpc) is 2.52. The molecule has 24 heavy (non-hydrogen) atoms. The van der Waals surface area contributed by atoms with Crippen molar-refractivity contribution >= 4 is 30.3 Å². The van der Waals surface area contributed by atoms with Crippen molar-refractivity contribution in [1.29, 1.82) is 0 Å². The smallest absolute Gasteiger partial charge is 0.327 e. The molecule has 0 fully saturated rings. The zero-order valence-corrected chi connectivity index (χ0v) is 15.7. The number of carbonyl (C=O) groups is 3. The normalized spacial score (nSPS) is 12.8. The van der Waals surface area contributed by atoms with Crippen molar-refractivity contribution in [2.75, 3.05) is 0 Å². The zero-order valence-electron chi connectivity index (χ0n) is 14.8. The molecule has 0 heterocycles. The summed E-state index contributed by atoms with van der Waals surface area (Å²) in [7, 11) is 0. The van der Waals surface area contributed by atoms with Gasteiger partial charge in [-0.1, -0.05) is 58.0 Å². The highest BCUT2D eigenvalue weighted by Gasteiger charge is 2.28. The van der Waals surface area contributed by atoms with Gasteiger partial charge in [0, 0.05) is 11.8 Å². The lowest BCUT2D eigenvalue weighted by Crippen LogP contribution is -2.45. The van der Waals surface area contributed by atoms with Crippen molar-refractivity contribution in [1.82, 2.24) is 5.32 Å². The van der Waals surface area contributed by atoms with Gasteiger partial charge < -0.3 is 10.4 Å². The number of hydrogen-bond acceptors (Lipinski definition) is 4. The Morgan fingerprint density at radius 2 is 1.46 bits per heavy atom. The largest absolute Gasteiger partial charge is 0.480 e. The van der Waals surface area contributed by atoms with Gasteiger partial charge in [-0.15, -0.1) is 0 Å². The molecule has 2 atom stereocenters. The van der Waals surface area contributed by atoms with Gasteiger partial charge in [-0.3, -0.25) is 9.59 Å². The molecule has 0 aliphatic carbocycles. The van der Waals surface area contributed by atoms with Crippen LogP contribution in [0.25, 0.3) is 0 Å². The molecule has 0 saturated carbocycles. The lowest BCUT2D eigenvalue weighted by Gasteiger charge is -2.22. The first kappa shape index (κ1) is 22.2. The minimum Gasteiger partial charge on any atom is -0.480 e. The minimum atomic E-state index is -1.09. The van der Waals surface area contributed by atoms with Crippen molar-refractivity contribution in [3.05, 3.63) is 35.9 Å². The van der Waals surface area contributed by atoms with E-state index in [4.69, 9.17) is 0 Å². The summed E-state index contributed by atoms with van der Waals surface area (Å²) in [5, 5.41) is 11.1. The number of carbonyl (C=O) groups excluding carboxylic acids is 2. The third-order valence-electron chi connectivity index (χ3n) is 3.36. The summed E-state index contributed by atoms with van der Waals surface area (Å²) in [6.45, 7) is 8.81. The van der Waals surface area contributed by atoms with E-state index in [1.165, 1.54) is 0 Å². The lowest BCUT2D eigenvalue weighted by atomic mass is 10.0. The van der Waals surface area contributed by atoms with Crippen molar-refractivity contribution in [2.45, 2.75) is 45.9 Å². The third-order valence-corrected chi connectivity index (χ3v) is 3.95. The first-order valence-electron chi connectivity index (χ1n) is 7.84. The van der Waals surface area contributed by atoms with Gasteiger partial charge in [-0.2, -0.15) is 12.6 Å². The number of aliphatic carboxylic acids is 1. The fourth-order valence-electron chi connectivity index (χ4n) is 1.44. The van der Waals surface area contributed by atoms with Crippen LogP contribution in [0.15, 0.2) is 30.3 Å². The van der Waals surface area contributed by atoms with E-state index in [0.29, 0.717) is 0 Å². The van der Waals surface area contributed by atoms with Crippen LogP contribution in [-0.2, 0) is 14.4 Å².